The third-order valence-electron chi connectivity index (χ3n) is 3.68. The maximum atomic E-state index is 13.7. The Balaban J connectivity index is 2.15. The zero-order chi connectivity index (χ0) is 13.2. The second-order valence-corrected chi connectivity index (χ2v) is 5.66. The molecule has 2 rings (SSSR count). The van der Waals surface area contributed by atoms with Crippen LogP contribution in [0.25, 0.3) is 0 Å². The number of ether oxygens (including phenoxy) is 1. The molecule has 0 aromatic heterocycles. The minimum absolute atomic E-state index is 0.0104. The van der Waals surface area contributed by atoms with Gasteiger partial charge in [-0.15, -0.1) is 0 Å². The van der Waals surface area contributed by atoms with E-state index in [1.54, 1.807) is 19.2 Å². The molecule has 0 amide bonds. The van der Waals surface area contributed by atoms with Crippen LogP contribution in [0.4, 0.5) is 4.39 Å². The Hall–Kier alpha value is -0.740. The first-order valence-electron chi connectivity index (χ1n) is 6.10. The van der Waals surface area contributed by atoms with Crippen molar-refractivity contribution >= 4 is 21.7 Å². The van der Waals surface area contributed by atoms with Gasteiger partial charge in [-0.05, 0) is 43.4 Å². The van der Waals surface area contributed by atoms with Gasteiger partial charge in [0.2, 0.25) is 0 Å². The first kappa shape index (κ1) is 13.7. The van der Waals surface area contributed by atoms with E-state index in [4.69, 9.17) is 4.74 Å². The molecule has 0 N–H and O–H groups in total. The highest BCUT2D eigenvalue weighted by molar-refractivity contribution is 9.10. The van der Waals surface area contributed by atoms with Gasteiger partial charge in [0.05, 0.1) is 0 Å². The van der Waals surface area contributed by atoms with Gasteiger partial charge in [-0.25, -0.2) is 4.39 Å². The molecule has 0 spiro atoms. The van der Waals surface area contributed by atoms with Gasteiger partial charge >= 0.3 is 0 Å². The molecule has 1 aromatic rings. The Morgan fingerprint density at radius 1 is 1.44 bits per heavy atom. The molecule has 0 saturated heterocycles. The summed E-state index contributed by atoms with van der Waals surface area (Å²) >= 11 is 3.20. The maximum absolute atomic E-state index is 13.7. The van der Waals surface area contributed by atoms with Crippen LogP contribution in [-0.2, 0) is 16.0 Å². The van der Waals surface area contributed by atoms with Crippen LogP contribution >= 0.6 is 15.9 Å². The van der Waals surface area contributed by atoms with E-state index in [2.05, 4.69) is 15.9 Å². The van der Waals surface area contributed by atoms with E-state index in [0.717, 1.165) is 25.7 Å². The monoisotopic (exact) mass is 314 g/mol. The van der Waals surface area contributed by atoms with Crippen LogP contribution in [0.15, 0.2) is 22.7 Å². The third-order valence-corrected chi connectivity index (χ3v) is 4.17. The molecular weight excluding hydrogens is 299 g/mol. The Kier molecular flexibility index (Phi) is 4.17. The lowest BCUT2D eigenvalue weighted by molar-refractivity contribution is -0.139. The van der Waals surface area contributed by atoms with Crippen molar-refractivity contribution in [3.05, 3.63) is 34.1 Å². The first-order valence-corrected chi connectivity index (χ1v) is 6.89. The Morgan fingerprint density at radius 2 is 2.11 bits per heavy atom. The van der Waals surface area contributed by atoms with Gasteiger partial charge in [-0.2, -0.15) is 0 Å². The maximum Gasteiger partial charge on any atom is 0.169 e. The summed E-state index contributed by atoms with van der Waals surface area (Å²) in [6.07, 6.45) is 3.61. The second-order valence-electron chi connectivity index (χ2n) is 4.74. The number of ketones is 1. The fraction of sp³-hybridized carbons (Fsp3) is 0.500. The van der Waals surface area contributed by atoms with E-state index < -0.39 is 5.60 Å². The molecule has 4 heteroatoms. The highest BCUT2D eigenvalue weighted by Crippen LogP contribution is 2.34. The molecule has 0 radical (unpaired) electrons. The van der Waals surface area contributed by atoms with Crippen LogP contribution in [-0.4, -0.2) is 18.5 Å². The van der Waals surface area contributed by atoms with E-state index in [9.17, 15) is 9.18 Å². The molecule has 1 aromatic carbocycles. The van der Waals surface area contributed by atoms with Crippen molar-refractivity contribution < 1.29 is 13.9 Å². The van der Waals surface area contributed by atoms with Crippen molar-refractivity contribution in [3.63, 3.8) is 0 Å². The zero-order valence-corrected chi connectivity index (χ0v) is 11.9. The molecule has 1 saturated carbocycles. The number of rotatable bonds is 4. The van der Waals surface area contributed by atoms with E-state index in [1.165, 1.54) is 6.07 Å². The molecule has 0 bridgehead atoms. The number of carbonyl (C=O) groups is 1. The molecular formula is C14H16BrFO2. The van der Waals surface area contributed by atoms with Crippen LogP contribution in [0.2, 0.25) is 0 Å². The fourth-order valence-electron chi connectivity index (χ4n) is 2.54. The van der Waals surface area contributed by atoms with Crippen LogP contribution in [0.5, 0.6) is 0 Å². The Labute approximate surface area is 115 Å². The highest BCUT2D eigenvalue weighted by Gasteiger charge is 2.40. The van der Waals surface area contributed by atoms with Crippen LogP contribution in [0.3, 0.4) is 0 Å². The number of Topliss-reactive ketones (excluding diaryl/α,β-unsaturated/α-hetero) is 1. The molecule has 0 aliphatic heterocycles. The SMILES string of the molecule is COC1(C(=O)Cc2ccc(Br)cc2F)CCCC1. The summed E-state index contributed by atoms with van der Waals surface area (Å²) in [7, 11) is 1.57. The van der Waals surface area contributed by atoms with Crippen molar-refractivity contribution in [3.8, 4) is 0 Å². The lowest BCUT2D eigenvalue weighted by Gasteiger charge is -2.25. The van der Waals surface area contributed by atoms with Gasteiger partial charge in [0.15, 0.2) is 5.78 Å². The molecule has 1 fully saturated rings. The quantitative estimate of drug-likeness (QED) is 0.847. The number of halogens is 2. The van der Waals surface area contributed by atoms with Crippen LogP contribution in [0, 0.1) is 5.82 Å². The predicted molar refractivity (Wildman–Crippen MR) is 71.0 cm³/mol. The highest BCUT2D eigenvalue weighted by atomic mass is 79.9. The van der Waals surface area contributed by atoms with Crippen molar-refractivity contribution in [2.24, 2.45) is 0 Å². The molecule has 0 unspecified atom stereocenters. The smallest absolute Gasteiger partial charge is 0.169 e. The van der Waals surface area contributed by atoms with Crippen LogP contribution < -0.4 is 0 Å². The van der Waals surface area contributed by atoms with E-state index in [0.29, 0.717) is 10.0 Å². The van der Waals surface area contributed by atoms with E-state index in [-0.39, 0.29) is 18.0 Å². The van der Waals surface area contributed by atoms with Gasteiger partial charge in [-0.3, -0.25) is 4.79 Å². The van der Waals surface area contributed by atoms with Gasteiger partial charge in [-0.1, -0.05) is 22.0 Å². The Morgan fingerprint density at radius 3 is 2.67 bits per heavy atom. The van der Waals surface area contributed by atoms with Gasteiger partial charge in [0.25, 0.3) is 0 Å². The first-order chi connectivity index (χ1) is 8.57. The molecule has 18 heavy (non-hydrogen) atoms. The summed E-state index contributed by atoms with van der Waals surface area (Å²) in [6.45, 7) is 0. The average Bonchev–Trinajstić information content (AvgIpc) is 2.82. The van der Waals surface area contributed by atoms with E-state index in [1.807, 2.05) is 0 Å². The second kappa shape index (κ2) is 5.49. The van der Waals surface area contributed by atoms with Gasteiger partial charge < -0.3 is 4.74 Å². The molecule has 1 aliphatic rings. The molecule has 0 atom stereocenters. The lowest BCUT2D eigenvalue weighted by atomic mass is 9.91. The number of methoxy groups -OCH3 is 1. The normalized spacial score (nSPS) is 17.9. The van der Waals surface area contributed by atoms with Crippen LogP contribution in [0.1, 0.15) is 31.2 Å². The topological polar surface area (TPSA) is 26.3 Å². The largest absolute Gasteiger partial charge is 0.370 e. The molecule has 2 nitrogen and oxygen atoms in total. The van der Waals surface area contributed by atoms with Gasteiger partial charge in [0, 0.05) is 18.0 Å². The molecule has 98 valence electrons. The lowest BCUT2D eigenvalue weighted by Crippen LogP contribution is -2.39. The minimum Gasteiger partial charge on any atom is -0.370 e. The number of hydrogen-bond donors (Lipinski definition) is 0. The summed E-state index contributed by atoms with van der Waals surface area (Å²) in [6, 6.07) is 4.78. The summed E-state index contributed by atoms with van der Waals surface area (Å²) < 4.78 is 19.8. The van der Waals surface area contributed by atoms with Crippen molar-refractivity contribution in [1.82, 2.24) is 0 Å². The third kappa shape index (κ3) is 2.64. The number of hydrogen-bond acceptors (Lipinski definition) is 2. The fourth-order valence-corrected chi connectivity index (χ4v) is 2.88. The average molecular weight is 315 g/mol. The minimum atomic E-state index is -0.681. The van der Waals surface area contributed by atoms with E-state index >= 15 is 0 Å². The van der Waals surface area contributed by atoms with Crippen molar-refractivity contribution in [1.29, 1.82) is 0 Å². The standard InChI is InChI=1S/C14H16BrFO2/c1-18-14(6-2-3-7-14)13(17)8-10-4-5-11(15)9-12(10)16/h4-5,9H,2-3,6-8H2,1H3. The van der Waals surface area contributed by atoms with Gasteiger partial charge in [0.1, 0.15) is 11.4 Å². The summed E-state index contributed by atoms with van der Waals surface area (Å²) in [5.74, 6) is -0.356. The number of benzene rings is 1. The number of carbonyl (C=O) groups excluding carboxylic acids is 1. The summed E-state index contributed by atoms with van der Waals surface area (Å²) in [4.78, 5) is 12.3. The summed E-state index contributed by atoms with van der Waals surface area (Å²) in [5, 5.41) is 0. The predicted octanol–water partition coefficient (Wildman–Crippen LogP) is 3.66. The summed E-state index contributed by atoms with van der Waals surface area (Å²) in [5.41, 5.74) is -0.244. The molecule has 0 heterocycles. The zero-order valence-electron chi connectivity index (χ0n) is 10.3. The van der Waals surface area contributed by atoms with Crippen molar-refractivity contribution in [2.75, 3.05) is 7.11 Å². The van der Waals surface area contributed by atoms with Crippen molar-refractivity contribution in [2.45, 2.75) is 37.7 Å². The Bertz CT molecular complexity index is 453. The molecule has 1 aliphatic carbocycles.